The number of allylic oxidation sites excluding steroid dienone is 1. The van der Waals surface area contributed by atoms with E-state index in [-0.39, 0.29) is 12.2 Å². The Morgan fingerprint density at radius 3 is 2.66 bits per heavy atom. The molecule has 0 aromatic heterocycles. The number of nitrogens with one attached hydrogen (secondary N) is 3. The molecule has 13 heteroatoms. The molecule has 0 radical (unpaired) electrons. The van der Waals surface area contributed by atoms with Crippen LogP contribution in [-0.2, 0) is 9.53 Å². The van der Waals surface area contributed by atoms with Crippen molar-refractivity contribution >= 4 is 40.8 Å². The molecule has 1 heterocycles. The van der Waals surface area contributed by atoms with E-state index in [1.54, 1.807) is 44.4 Å². The Labute approximate surface area is 251 Å². The highest BCUT2D eigenvalue weighted by atomic mass is 127. The summed E-state index contributed by atoms with van der Waals surface area (Å²) in [5.74, 6) is 1.31. The van der Waals surface area contributed by atoms with Gasteiger partial charge in [-0.1, -0.05) is 18.7 Å². The highest BCUT2D eigenvalue weighted by Gasteiger charge is 2.32. The van der Waals surface area contributed by atoms with Crippen LogP contribution >= 0.6 is 22.6 Å². The summed E-state index contributed by atoms with van der Waals surface area (Å²) in [5, 5.41) is 19.8. The van der Waals surface area contributed by atoms with Gasteiger partial charge in [0.15, 0.2) is 29.2 Å². The maximum atomic E-state index is 12.4. The van der Waals surface area contributed by atoms with Gasteiger partial charge in [0.1, 0.15) is 13.2 Å². The molecular weight excluding hydrogens is 647 g/mol. The number of halogens is 1. The number of hydrogen-bond acceptors (Lipinski definition) is 10. The van der Waals surface area contributed by atoms with Gasteiger partial charge >= 0.3 is 12.0 Å². The summed E-state index contributed by atoms with van der Waals surface area (Å²) in [4.78, 5) is 24.5. The number of amides is 2. The molecule has 1 aliphatic rings. The average Bonchev–Trinajstić information content (AvgIpc) is 2.95. The molecule has 0 fully saturated rings. The minimum absolute atomic E-state index is 0.150. The lowest BCUT2D eigenvalue weighted by atomic mass is 9.95. The van der Waals surface area contributed by atoms with Crippen LogP contribution in [0.3, 0.4) is 0 Å². The molecule has 0 saturated heterocycles. The van der Waals surface area contributed by atoms with E-state index >= 15 is 0 Å². The Morgan fingerprint density at radius 2 is 1.98 bits per heavy atom. The number of urea groups is 1. The number of aliphatic hydroxyl groups is 1. The molecule has 41 heavy (non-hydrogen) atoms. The maximum absolute atomic E-state index is 12.4. The lowest BCUT2D eigenvalue weighted by molar-refractivity contribution is -0.136. The number of aliphatic hydroxyl groups excluding tert-OH is 1. The molecule has 0 saturated carbocycles. The molecule has 0 aliphatic carbocycles. The van der Waals surface area contributed by atoms with E-state index in [4.69, 9.17) is 23.7 Å². The third kappa shape index (κ3) is 8.27. The monoisotopic (exact) mass is 680 g/mol. The first-order valence-electron chi connectivity index (χ1n) is 12.6. The van der Waals surface area contributed by atoms with Crippen LogP contribution < -0.4 is 35.0 Å². The Balaban J connectivity index is 1.69. The lowest BCUT2D eigenvalue weighted by Gasteiger charge is -2.28. The van der Waals surface area contributed by atoms with Crippen LogP contribution in [0.4, 0.5) is 4.79 Å². The van der Waals surface area contributed by atoms with Crippen LogP contribution in [0.25, 0.3) is 0 Å². The summed E-state index contributed by atoms with van der Waals surface area (Å²) in [6.07, 6.45) is 2.04. The molecule has 2 aromatic rings. The van der Waals surface area contributed by atoms with Crippen LogP contribution in [0.2, 0.25) is 0 Å². The minimum Gasteiger partial charge on any atom is -0.493 e. The molecule has 220 valence electrons. The first-order chi connectivity index (χ1) is 19.7. The van der Waals surface area contributed by atoms with Crippen LogP contribution in [0.5, 0.6) is 23.0 Å². The third-order valence-electron chi connectivity index (χ3n) is 5.71. The standard InChI is InChI=1S/C28H33IN4O8/c1-6-10-40-26-19(29)11-17(12-22(26)37-4)14-30-33-23(34)15-41-20-9-8-18(13-21(20)39-7-2)25-24(27(35)38-5)16(3)31-28(36)32-25/h6,8-9,11-14,23,25,33-34H,1,7,10,15H2,2-5H3,(H2,31,32,36)/b30-14+/t23-,25+/m0/s1. The van der Waals surface area contributed by atoms with Crippen molar-refractivity contribution in [2.75, 3.05) is 34.0 Å². The summed E-state index contributed by atoms with van der Waals surface area (Å²) in [6.45, 7) is 7.62. The summed E-state index contributed by atoms with van der Waals surface area (Å²) in [5.41, 5.74) is 4.60. The van der Waals surface area contributed by atoms with Crippen LogP contribution in [0.15, 0.2) is 59.4 Å². The number of nitrogens with zero attached hydrogens (tertiary/aromatic N) is 1. The zero-order valence-corrected chi connectivity index (χ0v) is 25.3. The predicted molar refractivity (Wildman–Crippen MR) is 160 cm³/mol. The molecule has 4 N–H and O–H groups in total. The summed E-state index contributed by atoms with van der Waals surface area (Å²) in [7, 11) is 2.82. The normalized spacial score (nSPS) is 15.5. The summed E-state index contributed by atoms with van der Waals surface area (Å²) < 4.78 is 28.3. The minimum atomic E-state index is -1.14. The molecule has 0 bridgehead atoms. The molecule has 2 atom stereocenters. The number of esters is 1. The number of methoxy groups -OCH3 is 2. The molecule has 2 amide bonds. The SMILES string of the molecule is C=CCOc1c(I)cc(/C=N/N[C@@H](O)COc2ccc([C@H]3NC(=O)NC(C)=C3C(=O)OC)cc2OCC)cc1OC. The fourth-order valence-electron chi connectivity index (χ4n) is 3.92. The maximum Gasteiger partial charge on any atom is 0.337 e. The van der Waals surface area contributed by atoms with Gasteiger partial charge in [0.25, 0.3) is 0 Å². The second kappa shape index (κ2) is 15.1. The van der Waals surface area contributed by atoms with E-state index in [0.717, 1.165) is 9.13 Å². The highest BCUT2D eigenvalue weighted by Crippen LogP contribution is 2.35. The molecule has 1 aliphatic heterocycles. The second-order valence-electron chi connectivity index (χ2n) is 8.55. The smallest absolute Gasteiger partial charge is 0.337 e. The van der Waals surface area contributed by atoms with Crippen molar-refractivity contribution in [3.8, 4) is 23.0 Å². The first kappa shape index (κ1) is 31.5. The summed E-state index contributed by atoms with van der Waals surface area (Å²) >= 11 is 2.14. The van der Waals surface area contributed by atoms with E-state index in [0.29, 0.717) is 47.5 Å². The number of carbonyl (C=O) groups excluding carboxylic acids is 2. The van der Waals surface area contributed by atoms with Crippen molar-refractivity contribution in [3.63, 3.8) is 0 Å². The molecule has 0 unspecified atom stereocenters. The zero-order chi connectivity index (χ0) is 29.9. The predicted octanol–water partition coefficient (Wildman–Crippen LogP) is 3.39. The molecule has 2 aromatic carbocycles. The molecular formula is C28H33IN4O8. The van der Waals surface area contributed by atoms with Crippen molar-refractivity contribution < 1.29 is 38.4 Å². The Morgan fingerprint density at radius 1 is 1.20 bits per heavy atom. The summed E-state index contributed by atoms with van der Waals surface area (Å²) in [6, 6.07) is 7.42. The van der Waals surface area contributed by atoms with Gasteiger partial charge in [-0.15, -0.1) is 0 Å². The number of hydrogen-bond donors (Lipinski definition) is 4. The highest BCUT2D eigenvalue weighted by molar-refractivity contribution is 14.1. The van der Waals surface area contributed by atoms with Crippen molar-refractivity contribution in [1.82, 2.24) is 16.1 Å². The van der Waals surface area contributed by atoms with E-state index in [2.05, 4.69) is 50.3 Å². The van der Waals surface area contributed by atoms with Gasteiger partial charge in [-0.3, -0.25) is 5.43 Å². The van der Waals surface area contributed by atoms with Gasteiger partial charge in [0.2, 0.25) is 0 Å². The van der Waals surface area contributed by atoms with Gasteiger partial charge in [-0.25, -0.2) is 9.59 Å². The molecule has 0 spiro atoms. The third-order valence-corrected chi connectivity index (χ3v) is 6.51. The lowest BCUT2D eigenvalue weighted by Crippen LogP contribution is -2.45. The van der Waals surface area contributed by atoms with Crippen molar-refractivity contribution in [2.45, 2.75) is 26.1 Å². The Hall–Kier alpha value is -3.98. The van der Waals surface area contributed by atoms with Crippen molar-refractivity contribution in [1.29, 1.82) is 0 Å². The van der Waals surface area contributed by atoms with Crippen LogP contribution in [0, 0.1) is 3.57 Å². The van der Waals surface area contributed by atoms with Crippen LogP contribution in [0.1, 0.15) is 31.0 Å². The van der Waals surface area contributed by atoms with Crippen LogP contribution in [-0.4, -0.2) is 63.6 Å². The van der Waals surface area contributed by atoms with Crippen molar-refractivity contribution in [3.05, 3.63) is 69.0 Å². The van der Waals surface area contributed by atoms with Gasteiger partial charge in [-0.2, -0.15) is 5.10 Å². The van der Waals surface area contributed by atoms with E-state index in [1.165, 1.54) is 13.3 Å². The van der Waals surface area contributed by atoms with Gasteiger partial charge < -0.3 is 39.4 Å². The fourth-order valence-corrected chi connectivity index (χ4v) is 4.70. The van der Waals surface area contributed by atoms with E-state index in [1.807, 2.05) is 13.0 Å². The quantitative estimate of drug-likeness (QED) is 0.0589. The Bertz CT molecular complexity index is 1330. The average molecular weight is 680 g/mol. The van der Waals surface area contributed by atoms with Crippen molar-refractivity contribution in [2.24, 2.45) is 5.10 Å². The van der Waals surface area contributed by atoms with E-state index in [9.17, 15) is 14.7 Å². The topological polar surface area (TPSA) is 149 Å². The number of ether oxygens (including phenoxy) is 5. The number of carbonyl (C=O) groups is 2. The van der Waals surface area contributed by atoms with E-state index < -0.39 is 24.3 Å². The van der Waals surface area contributed by atoms with Gasteiger partial charge in [0.05, 0.1) is 42.2 Å². The van der Waals surface area contributed by atoms with Gasteiger partial charge in [0, 0.05) is 5.70 Å². The fraction of sp³-hybridized carbons (Fsp3) is 0.321. The zero-order valence-electron chi connectivity index (χ0n) is 23.2. The number of rotatable bonds is 14. The number of hydrazone groups is 1. The number of benzene rings is 2. The van der Waals surface area contributed by atoms with Gasteiger partial charge in [-0.05, 0) is 71.8 Å². The largest absolute Gasteiger partial charge is 0.493 e. The molecule has 12 nitrogen and oxygen atoms in total. The Kier molecular flexibility index (Phi) is 11.6. The first-order valence-corrected chi connectivity index (χ1v) is 13.6. The second-order valence-corrected chi connectivity index (χ2v) is 9.71. The molecule has 3 rings (SSSR count).